The van der Waals surface area contributed by atoms with Gasteiger partial charge in [-0.3, -0.25) is 14.5 Å². The average molecular weight is 375 g/mol. The molecular formula is C21H30FN3O2. The fourth-order valence-corrected chi connectivity index (χ4v) is 4.27. The molecule has 5 nitrogen and oxygen atoms in total. The normalized spacial score (nSPS) is 21.9. The van der Waals surface area contributed by atoms with Crippen molar-refractivity contribution in [2.24, 2.45) is 5.92 Å². The number of likely N-dealkylation sites (N-methyl/N-ethyl adjacent to an activating group) is 1. The highest BCUT2D eigenvalue weighted by Crippen LogP contribution is 2.24. The zero-order valence-corrected chi connectivity index (χ0v) is 16.4. The van der Waals surface area contributed by atoms with Gasteiger partial charge in [0.05, 0.1) is 0 Å². The number of likely N-dealkylation sites (tertiary alicyclic amines) is 2. The van der Waals surface area contributed by atoms with Gasteiger partial charge < -0.3 is 9.80 Å². The summed E-state index contributed by atoms with van der Waals surface area (Å²) >= 11 is 0. The molecule has 148 valence electrons. The van der Waals surface area contributed by atoms with Gasteiger partial charge in [-0.25, -0.2) is 4.39 Å². The molecule has 2 amide bonds. The van der Waals surface area contributed by atoms with E-state index >= 15 is 0 Å². The second-order valence-electron chi connectivity index (χ2n) is 7.85. The zero-order chi connectivity index (χ0) is 19.4. The van der Waals surface area contributed by atoms with Crippen molar-refractivity contribution in [3.05, 3.63) is 35.6 Å². The summed E-state index contributed by atoms with van der Waals surface area (Å²) in [6, 6.07) is 7.07. The predicted octanol–water partition coefficient (Wildman–Crippen LogP) is 2.51. The summed E-state index contributed by atoms with van der Waals surface area (Å²) in [5.41, 5.74) is 0.712. The molecule has 1 aromatic carbocycles. The fourth-order valence-electron chi connectivity index (χ4n) is 4.27. The summed E-state index contributed by atoms with van der Waals surface area (Å²) < 4.78 is 13.9. The molecule has 27 heavy (non-hydrogen) atoms. The van der Waals surface area contributed by atoms with E-state index in [9.17, 15) is 14.0 Å². The largest absolute Gasteiger partial charge is 0.343 e. The van der Waals surface area contributed by atoms with Gasteiger partial charge in [-0.2, -0.15) is 0 Å². The number of rotatable bonds is 4. The number of carbonyl (C=O) groups excluding carboxylic acids is 2. The molecule has 2 aliphatic heterocycles. The Balaban J connectivity index is 1.55. The van der Waals surface area contributed by atoms with Crippen LogP contribution >= 0.6 is 0 Å². The van der Waals surface area contributed by atoms with Gasteiger partial charge in [-0.05, 0) is 38.3 Å². The first-order valence-corrected chi connectivity index (χ1v) is 9.93. The Morgan fingerprint density at radius 1 is 1.15 bits per heavy atom. The minimum Gasteiger partial charge on any atom is -0.343 e. The van der Waals surface area contributed by atoms with Crippen LogP contribution in [0, 0.1) is 11.7 Å². The van der Waals surface area contributed by atoms with Crippen LogP contribution in [0.4, 0.5) is 4.39 Å². The standard InChI is InChI=1S/C21H30FN3O2/c1-16(26)25-12-9-17(10-13-25)21(27)23(2)19-7-5-11-24(15-19)14-18-6-3-4-8-20(18)22/h3-4,6,8,17,19H,5,7,9-15H2,1-2H3/t19-/m1/s1. The lowest BCUT2D eigenvalue weighted by Gasteiger charge is -2.40. The molecule has 3 rings (SSSR count). The van der Waals surface area contributed by atoms with E-state index in [-0.39, 0.29) is 29.6 Å². The van der Waals surface area contributed by atoms with Crippen LogP contribution in [-0.2, 0) is 16.1 Å². The van der Waals surface area contributed by atoms with Crippen LogP contribution in [0.1, 0.15) is 38.2 Å². The van der Waals surface area contributed by atoms with Crippen LogP contribution in [0.25, 0.3) is 0 Å². The molecule has 0 bridgehead atoms. The first kappa shape index (κ1) is 19.8. The van der Waals surface area contributed by atoms with Gasteiger partial charge in [0.15, 0.2) is 0 Å². The number of nitrogens with zero attached hydrogens (tertiary/aromatic N) is 3. The molecule has 0 aliphatic carbocycles. The third kappa shape index (κ3) is 4.86. The first-order valence-electron chi connectivity index (χ1n) is 9.93. The summed E-state index contributed by atoms with van der Waals surface area (Å²) in [6.45, 7) is 5.22. The van der Waals surface area contributed by atoms with Crippen LogP contribution < -0.4 is 0 Å². The van der Waals surface area contributed by atoms with E-state index in [1.165, 1.54) is 6.07 Å². The summed E-state index contributed by atoms with van der Waals surface area (Å²) in [7, 11) is 1.90. The first-order chi connectivity index (χ1) is 13.0. The molecule has 2 saturated heterocycles. The third-order valence-corrected chi connectivity index (χ3v) is 6.02. The van der Waals surface area contributed by atoms with Crippen LogP contribution in [0.2, 0.25) is 0 Å². The molecule has 1 atom stereocenters. The molecule has 0 N–H and O–H groups in total. The minimum atomic E-state index is -0.165. The van der Waals surface area contributed by atoms with Crippen molar-refractivity contribution in [1.82, 2.24) is 14.7 Å². The minimum absolute atomic E-state index is 0.00699. The van der Waals surface area contributed by atoms with Gasteiger partial charge in [-0.15, -0.1) is 0 Å². The molecule has 0 saturated carbocycles. The Morgan fingerprint density at radius 2 is 1.85 bits per heavy atom. The van der Waals surface area contributed by atoms with Gasteiger partial charge in [0.25, 0.3) is 0 Å². The summed E-state index contributed by atoms with van der Waals surface area (Å²) in [6.07, 6.45) is 3.49. The highest BCUT2D eigenvalue weighted by atomic mass is 19.1. The number of hydrogen-bond acceptors (Lipinski definition) is 3. The molecule has 2 fully saturated rings. The number of carbonyl (C=O) groups is 2. The predicted molar refractivity (Wildman–Crippen MR) is 102 cm³/mol. The number of piperidine rings is 2. The third-order valence-electron chi connectivity index (χ3n) is 6.02. The number of amides is 2. The Hall–Kier alpha value is -1.95. The van der Waals surface area contributed by atoms with Crippen LogP contribution in [0.3, 0.4) is 0 Å². The van der Waals surface area contributed by atoms with Gasteiger partial charge in [-0.1, -0.05) is 18.2 Å². The highest BCUT2D eigenvalue weighted by molar-refractivity contribution is 5.79. The fraction of sp³-hybridized carbons (Fsp3) is 0.619. The molecule has 2 heterocycles. The second-order valence-corrected chi connectivity index (χ2v) is 7.85. The van der Waals surface area contributed by atoms with Crippen molar-refractivity contribution in [3.8, 4) is 0 Å². The van der Waals surface area contributed by atoms with Gasteiger partial charge in [0.1, 0.15) is 5.82 Å². The Labute approximate surface area is 161 Å². The van der Waals surface area contributed by atoms with Gasteiger partial charge in [0.2, 0.25) is 11.8 Å². The maximum Gasteiger partial charge on any atom is 0.225 e. The molecule has 2 aliphatic rings. The molecule has 0 radical (unpaired) electrons. The maximum atomic E-state index is 13.9. The Kier molecular flexibility index (Phi) is 6.47. The summed E-state index contributed by atoms with van der Waals surface area (Å²) in [5.74, 6) is 0.120. The van der Waals surface area contributed by atoms with Crippen molar-refractivity contribution >= 4 is 11.8 Å². The van der Waals surface area contributed by atoms with Crippen molar-refractivity contribution in [1.29, 1.82) is 0 Å². The summed E-state index contributed by atoms with van der Waals surface area (Å²) in [5, 5.41) is 0. The van der Waals surface area contributed by atoms with Crippen molar-refractivity contribution < 1.29 is 14.0 Å². The van der Waals surface area contributed by atoms with E-state index in [2.05, 4.69) is 4.90 Å². The molecule has 0 spiro atoms. The SMILES string of the molecule is CC(=O)N1CCC(C(=O)N(C)[C@@H]2CCCN(Cc3ccccc3F)C2)CC1. The van der Waals surface area contributed by atoms with Crippen LogP contribution in [-0.4, -0.2) is 65.8 Å². The van der Waals surface area contributed by atoms with Crippen molar-refractivity contribution in [3.63, 3.8) is 0 Å². The van der Waals surface area contributed by atoms with E-state index in [1.807, 2.05) is 29.0 Å². The second kappa shape index (κ2) is 8.83. The summed E-state index contributed by atoms with van der Waals surface area (Å²) in [4.78, 5) is 30.4. The molecule has 0 aromatic heterocycles. The maximum absolute atomic E-state index is 13.9. The lowest BCUT2D eigenvalue weighted by atomic mass is 9.93. The van der Waals surface area contributed by atoms with E-state index in [0.717, 1.165) is 38.8 Å². The lowest BCUT2D eigenvalue weighted by molar-refractivity contribution is -0.141. The van der Waals surface area contributed by atoms with Gasteiger partial charge >= 0.3 is 0 Å². The smallest absolute Gasteiger partial charge is 0.225 e. The number of benzene rings is 1. The quantitative estimate of drug-likeness (QED) is 0.812. The monoisotopic (exact) mass is 375 g/mol. The van der Waals surface area contributed by atoms with E-state index < -0.39 is 0 Å². The average Bonchev–Trinajstić information content (AvgIpc) is 2.69. The number of halogens is 1. The van der Waals surface area contributed by atoms with Crippen LogP contribution in [0.15, 0.2) is 24.3 Å². The van der Waals surface area contributed by atoms with E-state index in [1.54, 1.807) is 13.0 Å². The van der Waals surface area contributed by atoms with Crippen molar-refractivity contribution in [2.75, 3.05) is 33.2 Å². The van der Waals surface area contributed by atoms with E-state index in [0.29, 0.717) is 25.2 Å². The zero-order valence-electron chi connectivity index (χ0n) is 16.4. The highest BCUT2D eigenvalue weighted by Gasteiger charge is 2.32. The number of hydrogen-bond donors (Lipinski definition) is 0. The van der Waals surface area contributed by atoms with E-state index in [4.69, 9.17) is 0 Å². The molecule has 0 unspecified atom stereocenters. The Morgan fingerprint density at radius 3 is 2.52 bits per heavy atom. The topological polar surface area (TPSA) is 43.9 Å². The van der Waals surface area contributed by atoms with Gasteiger partial charge in [0, 0.05) is 57.7 Å². The lowest BCUT2D eigenvalue weighted by Crippen LogP contribution is -2.51. The molecule has 1 aromatic rings. The van der Waals surface area contributed by atoms with Crippen LogP contribution in [0.5, 0.6) is 0 Å². The molecular weight excluding hydrogens is 345 g/mol. The Bertz CT molecular complexity index is 673. The molecule has 6 heteroatoms. The van der Waals surface area contributed by atoms with Crippen molar-refractivity contribution in [2.45, 2.75) is 45.2 Å².